The normalized spacial score (nSPS) is 20.5. The first-order chi connectivity index (χ1) is 46.6. The van der Waals surface area contributed by atoms with Gasteiger partial charge in [0, 0.05) is 35.2 Å². The number of amides is 7. The van der Waals surface area contributed by atoms with Crippen molar-refractivity contribution < 1.29 is 97.4 Å². The molecule has 0 spiro atoms. The summed E-state index contributed by atoms with van der Waals surface area (Å²) in [5, 5.41) is 106. The highest BCUT2D eigenvalue weighted by molar-refractivity contribution is 6.32. The molecular formula is C67H55Cl2N9O20. The average Bonchev–Trinajstić information content (AvgIpc) is 0.770. The summed E-state index contributed by atoms with van der Waals surface area (Å²) in [7, 11) is 0. The molecule has 31 heteroatoms. The topological polar surface area (TPSA) is 445 Å². The molecule has 0 unspecified atom stereocenters. The predicted molar refractivity (Wildman–Crippen MR) is 339 cm³/mol. The van der Waals surface area contributed by atoms with E-state index in [2.05, 4.69) is 37.2 Å². The van der Waals surface area contributed by atoms with Gasteiger partial charge >= 0.3 is 12.1 Å². The fourth-order valence-electron chi connectivity index (χ4n) is 11.2. The minimum absolute atomic E-state index is 0.0170. The SMILES string of the molecule is CC(C)(C)OC(=O)N[C@@H]1C(=O)N[C@@H]2Cc3ccc(c(Cl)c3)Oc3cc4cc(c3OCC#N)Oc3ccc(cc3Cl)[C@@H](O)[C@@H]3NC(=O)[C@H](NC(=O)[C@@H]4NC(=O)[C@@H](NC2=O)c2cc(O)cc(c2)Oc2cc1ccc2O)c1ccc(O)c(c1)-c1c(O)cc(O)cc1[C@H](C(=O)OCC#N)NC3=O. The molecule has 6 aliphatic heterocycles. The molecule has 7 amide bonds. The highest BCUT2D eigenvalue weighted by Crippen LogP contribution is 2.49. The van der Waals surface area contributed by atoms with E-state index >= 15 is 19.2 Å². The number of nitrogens with one attached hydrogen (secondary N) is 7. The lowest BCUT2D eigenvalue weighted by Crippen LogP contribution is -2.55. The van der Waals surface area contributed by atoms with Crippen molar-refractivity contribution in [1.29, 1.82) is 10.5 Å². The third kappa shape index (κ3) is 14.3. The molecule has 8 atom stereocenters. The molecule has 0 saturated heterocycles. The maximum absolute atomic E-state index is 16.0. The highest BCUT2D eigenvalue weighted by Gasteiger charge is 2.42. The summed E-state index contributed by atoms with van der Waals surface area (Å²) in [6, 6.07) is 10.9. The minimum atomic E-state index is -2.24. The number of carbonyl (C=O) groups excluding carboxylic acids is 8. The number of carbonyl (C=O) groups is 8. The summed E-state index contributed by atoms with van der Waals surface area (Å²) in [6.07, 6.45) is -3.71. The number of benzene rings is 7. The van der Waals surface area contributed by atoms with Crippen LogP contribution in [-0.4, -0.2) is 109 Å². The number of aliphatic hydroxyl groups excluding tert-OH is 1. The number of fused-ring (bicyclic) bond motifs is 14. The molecule has 6 aliphatic rings. The van der Waals surface area contributed by atoms with Crippen LogP contribution in [0.15, 0.2) is 115 Å². The number of halogens is 2. The van der Waals surface area contributed by atoms with E-state index in [1.54, 1.807) is 26.8 Å². The van der Waals surface area contributed by atoms with Crippen LogP contribution in [0.5, 0.6) is 69.0 Å². The summed E-state index contributed by atoms with van der Waals surface area (Å²) >= 11 is 14.0. The van der Waals surface area contributed by atoms with E-state index in [9.17, 15) is 60.3 Å². The first kappa shape index (κ1) is 67.2. The maximum atomic E-state index is 16.0. The monoisotopic (exact) mass is 1380 g/mol. The van der Waals surface area contributed by atoms with Gasteiger partial charge in [-0.05, 0) is 133 Å². The van der Waals surface area contributed by atoms with E-state index < -0.39 is 172 Å². The smallest absolute Gasteiger partial charge is 0.408 e. The lowest BCUT2D eigenvalue weighted by Gasteiger charge is -2.31. The number of ether oxygens (including phenoxy) is 6. The Morgan fingerprint density at radius 2 is 1.16 bits per heavy atom. The van der Waals surface area contributed by atoms with Gasteiger partial charge in [-0.2, -0.15) is 10.5 Å². The van der Waals surface area contributed by atoms with Crippen LogP contribution in [-0.2, 0) is 49.5 Å². The Bertz CT molecular complexity index is 4590. The number of nitrogens with zero attached hydrogens (tertiary/aromatic N) is 2. The zero-order chi connectivity index (χ0) is 70.2. The van der Waals surface area contributed by atoms with Crippen molar-refractivity contribution in [2.75, 3.05) is 13.2 Å². The van der Waals surface area contributed by atoms with Gasteiger partial charge in [0.15, 0.2) is 42.3 Å². The van der Waals surface area contributed by atoms with Crippen molar-refractivity contribution in [2.45, 2.75) is 81.2 Å². The molecule has 0 aromatic heterocycles. The van der Waals surface area contributed by atoms with Gasteiger partial charge in [0.05, 0.1) is 10.0 Å². The van der Waals surface area contributed by atoms with E-state index in [0.29, 0.717) is 0 Å². The van der Waals surface area contributed by atoms with Crippen molar-refractivity contribution in [2.24, 2.45) is 0 Å². The van der Waals surface area contributed by atoms with Gasteiger partial charge in [0.2, 0.25) is 41.2 Å². The van der Waals surface area contributed by atoms with Crippen LogP contribution in [0.4, 0.5) is 4.79 Å². The number of phenols is 5. The second-order valence-corrected chi connectivity index (χ2v) is 24.4. The van der Waals surface area contributed by atoms with Crippen LogP contribution in [0.1, 0.15) is 96.0 Å². The standard InChI is InChI=1S/C67H55Cl2N9O20/c1-67(2,3)98-66(92)78-52-30-6-9-43(82)47(22-30)95-36-19-32(18-34(79)25-36)53-62(88)75-54-33-23-48(96-45-10-4-28(16-39(45)68)17-41(59(85)73-53)72-60(52)86)58(93-14-12-70)49(24-33)97-46-11-7-31(21-40(46)69)57(84)56-64(90)76-55(65(91)94-15-13-71)38-26-35(80)27-44(83)50(38)37-20-29(5-8-42(37)81)51(61(87)77-56)74-63(54)89/h4-11,16,18-27,41,51-57,79-84H,14-15,17H2,1-3H3,(H,72,86)(H,73,85)(H,74,89)(H,75,88)(H,76,90)(H,77,87)(H,78,92)/t41-,51-,52+,53+,54-,55-,56+,57-/m1/s1. The highest BCUT2D eigenvalue weighted by atomic mass is 35.5. The van der Waals surface area contributed by atoms with Crippen LogP contribution in [0.3, 0.4) is 0 Å². The number of aromatic hydroxyl groups is 5. The van der Waals surface area contributed by atoms with Gasteiger partial charge in [-0.3, -0.25) is 28.8 Å². The Balaban J connectivity index is 1.15. The van der Waals surface area contributed by atoms with E-state index in [1.165, 1.54) is 48.5 Å². The Morgan fingerprint density at radius 1 is 0.571 bits per heavy atom. The molecule has 0 radical (unpaired) electrons. The quantitative estimate of drug-likeness (QED) is 0.0794. The van der Waals surface area contributed by atoms with Gasteiger partial charge < -0.3 is 96.3 Å². The summed E-state index contributed by atoms with van der Waals surface area (Å²) < 4.78 is 35.6. The van der Waals surface area contributed by atoms with E-state index in [4.69, 9.17) is 51.6 Å². The molecule has 13 rings (SSSR count). The maximum Gasteiger partial charge on any atom is 0.408 e. The zero-order valence-electron chi connectivity index (χ0n) is 51.3. The largest absolute Gasteiger partial charge is 0.508 e. The molecule has 17 bridgehead atoms. The Labute approximate surface area is 564 Å². The Kier molecular flexibility index (Phi) is 18.7. The molecule has 13 N–H and O–H groups in total. The van der Waals surface area contributed by atoms with Crippen molar-refractivity contribution in [3.63, 3.8) is 0 Å². The lowest BCUT2D eigenvalue weighted by atomic mass is 9.89. The Hall–Kier alpha value is -12.2. The van der Waals surface area contributed by atoms with Gasteiger partial charge in [-0.25, -0.2) is 9.59 Å². The van der Waals surface area contributed by atoms with Crippen LogP contribution in [0, 0.1) is 22.7 Å². The molecule has 7 aromatic rings. The third-order valence-electron chi connectivity index (χ3n) is 15.6. The van der Waals surface area contributed by atoms with Crippen LogP contribution < -0.4 is 56.2 Å². The van der Waals surface area contributed by atoms with Gasteiger partial charge in [-0.1, -0.05) is 47.5 Å². The van der Waals surface area contributed by atoms with E-state index in [-0.39, 0.29) is 77.9 Å². The summed E-state index contributed by atoms with van der Waals surface area (Å²) in [4.78, 5) is 120. The van der Waals surface area contributed by atoms with E-state index in [1.807, 2.05) is 6.07 Å². The fraction of sp³-hybridized carbons (Fsp3) is 0.224. The first-order valence-electron chi connectivity index (χ1n) is 29.5. The van der Waals surface area contributed by atoms with Gasteiger partial charge in [0.1, 0.15) is 100 Å². The van der Waals surface area contributed by atoms with Crippen molar-refractivity contribution in [1.82, 2.24) is 37.2 Å². The van der Waals surface area contributed by atoms with Crippen LogP contribution >= 0.6 is 23.2 Å². The molecule has 98 heavy (non-hydrogen) atoms. The number of esters is 1. The second-order valence-electron chi connectivity index (χ2n) is 23.6. The summed E-state index contributed by atoms with van der Waals surface area (Å²) in [6.45, 7) is 3.10. The van der Waals surface area contributed by atoms with Gasteiger partial charge in [0.25, 0.3) is 0 Å². The number of phenolic OH excluding ortho intramolecular Hbond substituents is 5. The zero-order valence-corrected chi connectivity index (χ0v) is 52.8. The number of rotatable bonds is 5. The summed E-state index contributed by atoms with van der Waals surface area (Å²) in [5.41, 5.74) is -3.40. The van der Waals surface area contributed by atoms with Crippen molar-refractivity contribution >= 4 is 70.7 Å². The van der Waals surface area contributed by atoms with Gasteiger partial charge in [-0.15, -0.1) is 0 Å². The molecule has 502 valence electrons. The number of alkyl carbamates (subject to hydrolysis) is 1. The first-order valence-corrected chi connectivity index (χ1v) is 30.3. The molecule has 6 heterocycles. The minimum Gasteiger partial charge on any atom is -0.508 e. The molecular weight excluding hydrogens is 1320 g/mol. The Morgan fingerprint density at radius 3 is 1.83 bits per heavy atom. The molecule has 0 saturated carbocycles. The molecule has 0 fully saturated rings. The fourth-order valence-corrected chi connectivity index (χ4v) is 11.7. The molecule has 29 nitrogen and oxygen atoms in total. The number of nitriles is 2. The van der Waals surface area contributed by atoms with Crippen molar-refractivity contribution in [3.05, 3.63) is 164 Å². The molecule has 0 aliphatic carbocycles. The number of hydrogen-bond acceptors (Lipinski definition) is 22. The van der Waals surface area contributed by atoms with E-state index in [0.717, 1.165) is 66.7 Å². The number of aliphatic hydroxyl groups is 1. The summed E-state index contributed by atoms with van der Waals surface area (Å²) in [5.74, 6) is -14.6. The average molecular weight is 1380 g/mol. The van der Waals surface area contributed by atoms with Crippen molar-refractivity contribution in [3.8, 4) is 92.3 Å². The number of hydrogen-bond donors (Lipinski definition) is 13. The lowest BCUT2D eigenvalue weighted by molar-refractivity contribution is -0.147. The van der Waals surface area contributed by atoms with Crippen LogP contribution in [0.25, 0.3) is 11.1 Å². The van der Waals surface area contributed by atoms with Crippen LogP contribution in [0.2, 0.25) is 10.0 Å². The third-order valence-corrected chi connectivity index (χ3v) is 16.2. The second kappa shape index (κ2) is 27.3. The molecule has 7 aromatic carbocycles. The predicted octanol–water partition coefficient (Wildman–Crippen LogP) is 6.73.